The van der Waals surface area contributed by atoms with Gasteiger partial charge in [0.2, 0.25) is 12.7 Å². The first-order valence-corrected chi connectivity index (χ1v) is 23.4. The van der Waals surface area contributed by atoms with Crippen molar-refractivity contribution in [3.8, 4) is 46.3 Å². The first-order valence-electron chi connectivity index (χ1n) is 23.4. The second kappa shape index (κ2) is 20.1. The van der Waals surface area contributed by atoms with Gasteiger partial charge in [-0.05, 0) is 73.2 Å². The number of carbonyl (C=O) groups excluding carboxylic acids is 1. The van der Waals surface area contributed by atoms with E-state index in [1.165, 1.54) is 19.3 Å². The van der Waals surface area contributed by atoms with Gasteiger partial charge in [0.1, 0.15) is 48.3 Å². The van der Waals surface area contributed by atoms with E-state index in [2.05, 4.69) is 37.1 Å². The van der Waals surface area contributed by atoms with Crippen molar-refractivity contribution in [1.29, 1.82) is 0 Å². The Hall–Kier alpha value is -5.32. The summed E-state index contributed by atoms with van der Waals surface area (Å²) >= 11 is 0. The van der Waals surface area contributed by atoms with Gasteiger partial charge in [-0.15, -0.1) is 5.92 Å². The van der Waals surface area contributed by atoms with Gasteiger partial charge in [-0.1, -0.05) is 57.9 Å². The van der Waals surface area contributed by atoms with Crippen LogP contribution in [-0.2, 0) is 47.9 Å². The van der Waals surface area contributed by atoms with Crippen LogP contribution >= 0.6 is 0 Å². The first kappa shape index (κ1) is 46.8. The summed E-state index contributed by atoms with van der Waals surface area (Å²) in [6.07, 6.45) is -0.350. The van der Waals surface area contributed by atoms with Gasteiger partial charge in [0.05, 0.1) is 19.1 Å². The Morgan fingerprint density at radius 3 is 2.51 bits per heavy atom. The summed E-state index contributed by atoms with van der Waals surface area (Å²) in [4.78, 5) is 37.2. The maximum Gasteiger partial charge on any atom is 0.332 e. The third-order valence-electron chi connectivity index (χ3n) is 13.6. The number of carboxylic acids is 1. The molecule has 1 saturated heterocycles. The Labute approximate surface area is 389 Å². The highest BCUT2D eigenvalue weighted by Crippen LogP contribution is 2.57. The fourth-order valence-corrected chi connectivity index (χ4v) is 10.1. The van der Waals surface area contributed by atoms with Crippen LogP contribution in [0.5, 0.6) is 34.5 Å². The van der Waals surface area contributed by atoms with Crippen LogP contribution in [-0.4, -0.2) is 109 Å². The van der Waals surface area contributed by atoms with Crippen LogP contribution in [0.4, 0.5) is 0 Å². The fraction of sp³-hybridized carbons (Fsp3) is 0.560. The van der Waals surface area contributed by atoms with Crippen molar-refractivity contribution in [2.45, 2.75) is 126 Å². The predicted octanol–water partition coefficient (Wildman–Crippen LogP) is 4.35. The molecule has 17 heteroatoms. The molecule has 5 aliphatic heterocycles. The molecule has 0 aromatic heterocycles. The molecule has 3 aromatic carbocycles. The van der Waals surface area contributed by atoms with E-state index in [1.807, 2.05) is 18.2 Å². The number of cyclic esters (lactones) is 1. The molecule has 0 unspecified atom stereocenters. The summed E-state index contributed by atoms with van der Waals surface area (Å²) < 4.78 is 42.7. The number of fused-ring (bicyclic) bond motifs is 8. The number of carbonyl (C=O) groups is 2. The SMILES string of the molecule is CN[C@H]1CC#C[C@H](C(=O)O)C(=O)OC[C@H]2O[C@@H](OC[C@H]1N)[C@H](OOc1cc3c(cc1Cc1cc(O)cc(CC4CCCCC4)c1)OC[C@@H]1c4cc5c(c(CC(C)C)c4O[C@H]31)OCO5)[C@@H](O)[C@@H]2O. The van der Waals surface area contributed by atoms with Crippen LogP contribution in [0.25, 0.3) is 0 Å². The smallest absolute Gasteiger partial charge is 0.332 e. The quantitative estimate of drug-likeness (QED) is 0.0516. The van der Waals surface area contributed by atoms with Crippen molar-refractivity contribution in [3.63, 3.8) is 0 Å². The van der Waals surface area contributed by atoms with Crippen molar-refractivity contribution in [3.05, 3.63) is 69.8 Å². The lowest BCUT2D eigenvalue weighted by Crippen LogP contribution is -2.61. The van der Waals surface area contributed by atoms with Crippen molar-refractivity contribution in [1.82, 2.24) is 5.32 Å². The Kier molecular flexibility index (Phi) is 14.0. The fourth-order valence-electron chi connectivity index (χ4n) is 10.1. The molecule has 7 N–H and O–H groups in total. The number of ether oxygens (including phenoxy) is 7. The average molecular weight is 929 g/mol. The van der Waals surface area contributed by atoms with Crippen LogP contribution in [0, 0.1) is 29.6 Å². The number of aromatic hydroxyl groups is 1. The van der Waals surface area contributed by atoms with Gasteiger partial charge in [-0.3, -0.25) is 9.59 Å². The number of hydrogen-bond acceptors (Lipinski definition) is 16. The zero-order valence-corrected chi connectivity index (χ0v) is 37.9. The Balaban J connectivity index is 1.04. The third-order valence-corrected chi connectivity index (χ3v) is 13.6. The number of carboxylic acid groups (broad SMARTS) is 1. The summed E-state index contributed by atoms with van der Waals surface area (Å²) in [6.45, 7) is 3.94. The molecule has 2 fully saturated rings. The molecule has 3 aromatic rings. The third kappa shape index (κ3) is 9.98. The molecule has 0 radical (unpaired) electrons. The van der Waals surface area contributed by atoms with Crippen molar-refractivity contribution in [2.75, 3.05) is 33.7 Å². The van der Waals surface area contributed by atoms with Crippen LogP contribution in [0.15, 0.2) is 36.4 Å². The predicted molar refractivity (Wildman–Crippen MR) is 238 cm³/mol. The molecule has 5 heterocycles. The lowest BCUT2D eigenvalue weighted by molar-refractivity contribution is -0.373. The number of hydrogen-bond donors (Lipinski definition) is 6. The average Bonchev–Trinajstić information content (AvgIpc) is 3.93. The monoisotopic (exact) mass is 928 g/mol. The normalized spacial score (nSPS) is 29.2. The van der Waals surface area contributed by atoms with E-state index in [-0.39, 0.29) is 43.7 Å². The van der Waals surface area contributed by atoms with Crippen LogP contribution < -0.4 is 34.9 Å². The summed E-state index contributed by atoms with van der Waals surface area (Å²) in [6, 6.07) is 10.0. The lowest BCUT2D eigenvalue weighted by atomic mass is 9.84. The number of aliphatic hydroxyl groups is 2. The summed E-state index contributed by atoms with van der Waals surface area (Å²) in [7, 11) is 1.65. The van der Waals surface area contributed by atoms with Gasteiger partial charge >= 0.3 is 11.9 Å². The van der Waals surface area contributed by atoms with E-state index in [0.717, 1.165) is 47.3 Å². The second-order valence-electron chi connectivity index (χ2n) is 18.9. The molecule has 9 rings (SSSR count). The van der Waals surface area contributed by atoms with Crippen LogP contribution in [0.2, 0.25) is 0 Å². The molecule has 6 aliphatic rings. The van der Waals surface area contributed by atoms with Gasteiger partial charge < -0.3 is 69.5 Å². The molecule has 2 bridgehead atoms. The summed E-state index contributed by atoms with van der Waals surface area (Å²) in [5.74, 6) is 4.38. The van der Waals surface area contributed by atoms with Crippen molar-refractivity contribution >= 4 is 11.9 Å². The topological polar surface area (TPSA) is 236 Å². The summed E-state index contributed by atoms with van der Waals surface area (Å²) in [5, 5.41) is 46.7. The standard InChI is InChI=1S/C50H60N2O15/c1-25(2)12-34-44-32(19-40-46(34)63-24-62-40)35-21-59-39-18-29(15-28-14-27(16-30(53)17-28)13-26-8-5-4-6-9-26)38(20-33(39)45(35)65-44)66-67-47-43(55)42(54)41-23-60-49(58)31(48(56)57)10-7-11-37(52-3)36(51)22-61-50(47)64-41/h14,16-20,25-26,31,35-37,41-43,45,47,50,52-55H,4-6,8-9,11-13,15,21-24,51H2,1-3H3,(H,56,57)/t31-,35-,36-,37+,41-,42-,43+,45-,47-,50-/m1/s1. The largest absolute Gasteiger partial charge is 0.508 e. The Morgan fingerprint density at radius 2 is 1.73 bits per heavy atom. The number of likely N-dealkylation sites (N-methyl/N-ethyl adjacent to an activating group) is 1. The van der Waals surface area contributed by atoms with Crippen LogP contribution in [0.3, 0.4) is 0 Å². The van der Waals surface area contributed by atoms with E-state index in [0.29, 0.717) is 53.2 Å². The van der Waals surface area contributed by atoms with Crippen molar-refractivity contribution < 1.29 is 72.9 Å². The molecule has 10 atom stereocenters. The molecule has 360 valence electrons. The van der Waals surface area contributed by atoms with Crippen molar-refractivity contribution in [2.24, 2.45) is 23.5 Å². The highest BCUT2D eigenvalue weighted by molar-refractivity contribution is 5.97. The number of nitrogens with two attached hydrogens (primary N) is 1. The second-order valence-corrected chi connectivity index (χ2v) is 18.9. The Bertz CT molecular complexity index is 2370. The van der Waals surface area contributed by atoms with Gasteiger partial charge in [0, 0.05) is 47.2 Å². The minimum atomic E-state index is -1.80. The molecular formula is C50H60N2O15. The molecule has 0 amide bonds. The van der Waals surface area contributed by atoms with Crippen LogP contribution in [0.1, 0.15) is 97.8 Å². The molecule has 1 saturated carbocycles. The van der Waals surface area contributed by atoms with E-state index >= 15 is 0 Å². The minimum absolute atomic E-state index is 0.0717. The van der Waals surface area contributed by atoms with E-state index in [1.54, 1.807) is 19.2 Å². The molecule has 0 spiro atoms. The maximum absolute atomic E-state index is 12.9. The number of rotatable bonds is 11. The number of aliphatic carboxylic acids is 1. The first-order chi connectivity index (χ1) is 32.3. The van der Waals surface area contributed by atoms with Gasteiger partial charge in [-0.2, -0.15) is 4.89 Å². The summed E-state index contributed by atoms with van der Waals surface area (Å²) in [5.41, 5.74) is 11.6. The molecular weight excluding hydrogens is 869 g/mol. The van der Waals surface area contributed by atoms with E-state index in [4.69, 9.17) is 48.7 Å². The minimum Gasteiger partial charge on any atom is -0.508 e. The lowest BCUT2D eigenvalue weighted by Gasteiger charge is -2.41. The number of esters is 1. The van der Waals surface area contributed by atoms with E-state index < -0.39 is 73.4 Å². The zero-order chi connectivity index (χ0) is 46.9. The molecule has 67 heavy (non-hydrogen) atoms. The van der Waals surface area contributed by atoms with Gasteiger partial charge in [0.15, 0.2) is 29.6 Å². The number of benzene rings is 3. The number of nitrogens with one attached hydrogen (secondary N) is 1. The van der Waals surface area contributed by atoms with Gasteiger partial charge in [0.25, 0.3) is 0 Å². The molecule has 1 aliphatic carbocycles. The highest BCUT2D eigenvalue weighted by Gasteiger charge is 2.49. The van der Waals surface area contributed by atoms with Gasteiger partial charge in [-0.25, -0.2) is 0 Å². The number of phenolic OH excluding ortho intramolecular Hbond substituents is 1. The Morgan fingerprint density at radius 1 is 0.925 bits per heavy atom. The maximum atomic E-state index is 12.9. The number of phenols is 1. The van der Waals surface area contributed by atoms with E-state index in [9.17, 15) is 30.0 Å². The zero-order valence-electron chi connectivity index (χ0n) is 37.9. The number of aliphatic hydroxyl groups excluding tert-OH is 2. The highest BCUT2D eigenvalue weighted by atomic mass is 17.2. The molecule has 17 nitrogen and oxygen atoms in total.